The van der Waals surface area contributed by atoms with Gasteiger partial charge in [0.15, 0.2) is 11.5 Å². The van der Waals surface area contributed by atoms with Gasteiger partial charge in [-0.05, 0) is 90.2 Å². The van der Waals surface area contributed by atoms with Crippen molar-refractivity contribution < 1.29 is 112 Å². The van der Waals surface area contributed by atoms with Crippen molar-refractivity contribution in [3.05, 3.63) is 144 Å². The third-order valence-electron chi connectivity index (χ3n) is 10.7. The van der Waals surface area contributed by atoms with E-state index in [1.165, 1.54) is 48.5 Å². The molecular weight excluding hydrogens is 951 g/mol. The molecule has 326 valence electrons. The van der Waals surface area contributed by atoms with Crippen LogP contribution < -0.4 is 72.7 Å². The Morgan fingerprint density at radius 2 is 1.26 bits per heavy atom. The summed E-state index contributed by atoms with van der Waals surface area (Å²) in [5, 5.41) is 25.1. The van der Waals surface area contributed by atoms with Crippen molar-refractivity contribution in [3.63, 3.8) is 0 Å². The molecule has 22 heteroatoms. The predicted octanol–water partition coefficient (Wildman–Crippen LogP) is 1.43. The van der Waals surface area contributed by atoms with Crippen LogP contribution in [0, 0.1) is 13.8 Å². The number of fused-ring (bicyclic) bond motifs is 6. The molecule has 0 aliphatic carbocycles. The molecule has 1 aromatic heterocycles. The summed E-state index contributed by atoms with van der Waals surface area (Å²) in [4.78, 5) is 4.91. The molecule has 8 aromatic rings. The average molecular weight is 983 g/mol. The van der Waals surface area contributed by atoms with Crippen molar-refractivity contribution >= 4 is 86.4 Å². The number of benzene rings is 7. The van der Waals surface area contributed by atoms with E-state index in [2.05, 4.69) is 19.6 Å². The molecule has 0 atom stereocenters. The monoisotopic (exact) mass is 982 g/mol. The number of nitrogens with zero attached hydrogens (tertiary/aromatic N) is 4. The zero-order chi connectivity index (χ0) is 45.3. The summed E-state index contributed by atoms with van der Waals surface area (Å²) in [5.41, 5.74) is 1.44. The number of aromatic nitrogens is 3. The van der Waals surface area contributed by atoms with Gasteiger partial charge in [-0.25, -0.2) is 8.42 Å². The number of rotatable bonds is 12. The largest absolute Gasteiger partial charge is 1.00 e. The van der Waals surface area contributed by atoms with E-state index in [0.717, 1.165) is 44.4 Å². The van der Waals surface area contributed by atoms with Crippen LogP contribution in [-0.4, -0.2) is 50.5 Å². The summed E-state index contributed by atoms with van der Waals surface area (Å²) in [7, 11) is -14.6. The SMILES string of the molecule is Cc1ccc(S(=O)(=O)Oc2cc(-n3nc4c(S(=O)(=O)[O-])cc5cc(SOO[O-])ccc5c4n3)c(OS(=O)(=O)c3ccc(C)cc3)cc2C2=Nc3ccc4ccccc4c3C2(C)C)cc1.[Na+].[Na+]. The van der Waals surface area contributed by atoms with E-state index in [9.17, 15) is 35.1 Å². The predicted molar refractivity (Wildman–Crippen MR) is 234 cm³/mol. The van der Waals surface area contributed by atoms with Gasteiger partial charge >= 0.3 is 79.4 Å². The van der Waals surface area contributed by atoms with Crippen LogP contribution in [0.2, 0.25) is 0 Å². The van der Waals surface area contributed by atoms with Crippen LogP contribution in [0.25, 0.3) is 38.3 Å². The summed E-state index contributed by atoms with van der Waals surface area (Å²) in [6.45, 7) is 7.35. The fraction of sp³-hybridized carbons (Fsp3) is 0.114. The zero-order valence-corrected chi connectivity index (χ0v) is 43.1. The Morgan fingerprint density at radius 3 is 1.88 bits per heavy atom. The molecular formula is C44H32N4Na2O12S4. The van der Waals surface area contributed by atoms with Crippen molar-refractivity contribution in [2.75, 3.05) is 0 Å². The van der Waals surface area contributed by atoms with Crippen LogP contribution in [0.15, 0.2) is 146 Å². The summed E-state index contributed by atoms with van der Waals surface area (Å²) in [6, 6.07) is 31.1. The van der Waals surface area contributed by atoms with Gasteiger partial charge in [0.25, 0.3) is 0 Å². The molecule has 1 aliphatic heterocycles. The van der Waals surface area contributed by atoms with Gasteiger partial charge in [-0.1, -0.05) is 85.6 Å². The van der Waals surface area contributed by atoms with E-state index in [4.69, 9.17) is 13.4 Å². The minimum Gasteiger partial charge on any atom is -0.744 e. The van der Waals surface area contributed by atoms with Gasteiger partial charge in [-0.15, -0.1) is 15.0 Å². The van der Waals surface area contributed by atoms with Gasteiger partial charge in [0, 0.05) is 27.3 Å². The fourth-order valence-electron chi connectivity index (χ4n) is 7.70. The van der Waals surface area contributed by atoms with Gasteiger partial charge in [0.05, 0.1) is 28.3 Å². The van der Waals surface area contributed by atoms with Crippen molar-refractivity contribution in [1.29, 1.82) is 0 Å². The average Bonchev–Trinajstić information content (AvgIpc) is 3.81. The molecule has 66 heavy (non-hydrogen) atoms. The van der Waals surface area contributed by atoms with E-state index in [0.29, 0.717) is 28.3 Å². The van der Waals surface area contributed by atoms with E-state index in [1.54, 1.807) is 38.1 Å². The molecule has 0 saturated heterocycles. The van der Waals surface area contributed by atoms with Gasteiger partial charge in [-0.2, -0.15) is 21.2 Å². The Labute approximate surface area is 427 Å². The normalized spacial score (nSPS) is 13.5. The molecule has 2 heterocycles. The number of hydrogen-bond donors (Lipinski definition) is 0. The van der Waals surface area contributed by atoms with E-state index in [-0.39, 0.29) is 102 Å². The van der Waals surface area contributed by atoms with Crippen LogP contribution in [0.1, 0.15) is 36.1 Å². The van der Waals surface area contributed by atoms with E-state index >= 15 is 0 Å². The first-order chi connectivity index (χ1) is 30.3. The van der Waals surface area contributed by atoms with Crippen molar-refractivity contribution in [3.8, 4) is 17.2 Å². The maximum absolute atomic E-state index is 14.2. The number of aliphatic imine (C=N–C) groups is 1. The molecule has 1 aliphatic rings. The molecule has 0 saturated carbocycles. The molecule has 0 radical (unpaired) electrons. The Morgan fingerprint density at radius 1 is 0.652 bits per heavy atom. The van der Waals surface area contributed by atoms with Crippen LogP contribution in [0.5, 0.6) is 11.5 Å². The number of aryl methyl sites for hydroxylation is 2. The second-order valence-corrected chi connectivity index (χ2v) is 20.6. The Hall–Kier alpha value is -4.23. The van der Waals surface area contributed by atoms with Crippen LogP contribution in [0.3, 0.4) is 0 Å². The topological polar surface area (TPSA) is 229 Å². The molecule has 0 bridgehead atoms. The smallest absolute Gasteiger partial charge is 0.744 e. The first-order valence-corrected chi connectivity index (χ1v) is 24.1. The van der Waals surface area contributed by atoms with Crippen molar-refractivity contribution in [1.82, 2.24) is 15.0 Å². The van der Waals surface area contributed by atoms with Gasteiger partial charge < -0.3 is 18.2 Å². The summed E-state index contributed by atoms with van der Waals surface area (Å²) >= 11 is 0.525. The molecule has 16 nitrogen and oxygen atoms in total. The summed E-state index contributed by atoms with van der Waals surface area (Å²) in [5.74, 6) is -0.788. The maximum Gasteiger partial charge on any atom is 1.00 e. The minimum absolute atomic E-state index is 0. The molecule has 0 amide bonds. The maximum atomic E-state index is 14.2. The van der Waals surface area contributed by atoms with Gasteiger partial charge in [0.1, 0.15) is 36.6 Å². The second-order valence-electron chi connectivity index (χ2n) is 15.4. The van der Waals surface area contributed by atoms with Gasteiger partial charge in [-0.3, -0.25) is 10.0 Å². The molecule has 0 unspecified atom stereocenters. The summed E-state index contributed by atoms with van der Waals surface area (Å²) in [6.07, 6.45) is 0. The molecule has 0 spiro atoms. The second kappa shape index (κ2) is 18.7. The van der Waals surface area contributed by atoms with E-state index in [1.807, 2.05) is 50.2 Å². The third-order valence-corrected chi connectivity index (χ3v) is 14.7. The minimum atomic E-state index is -5.26. The third kappa shape index (κ3) is 9.33. The van der Waals surface area contributed by atoms with Gasteiger partial charge in [0.2, 0.25) is 0 Å². The molecule has 0 fully saturated rings. The van der Waals surface area contributed by atoms with Crippen LogP contribution in [0.4, 0.5) is 5.69 Å². The Kier molecular flexibility index (Phi) is 14.1. The number of hydrogen-bond acceptors (Lipinski definition) is 16. The van der Waals surface area contributed by atoms with Crippen LogP contribution >= 0.6 is 12.0 Å². The van der Waals surface area contributed by atoms with E-state index < -0.39 is 51.9 Å². The first-order valence-electron chi connectivity index (χ1n) is 19.1. The van der Waals surface area contributed by atoms with Crippen LogP contribution in [-0.2, 0) is 45.1 Å². The molecule has 9 rings (SSSR count). The first kappa shape index (κ1) is 49.7. The quantitative estimate of drug-likeness (QED) is 0.0421. The standard InChI is InChI=1S/C44H34N4O12S4.2Na/c1-25-9-15-30(16-10-25)63(53,54)57-37-24-36(48-46-41-33-19-14-29(61-60-59-49)21-28(33)22-39(42(41)47-48)62(50,51)52)38(58-64(55,56)31-17-11-26(2)12-18-31)23-34(37)43-44(3,4)40-32-8-6-5-7-27(32)13-20-35(40)45-43;;/h5-24,49H,1-4H3,(H,50,51,52);;/q;2*+1/p-2. The zero-order valence-electron chi connectivity index (χ0n) is 35.9. The van der Waals surface area contributed by atoms with Crippen molar-refractivity contribution in [2.24, 2.45) is 4.99 Å². The molecule has 0 N–H and O–H groups in total. The molecule has 7 aromatic carbocycles. The van der Waals surface area contributed by atoms with Crippen molar-refractivity contribution in [2.45, 2.75) is 52.7 Å². The summed E-state index contributed by atoms with van der Waals surface area (Å²) < 4.78 is 111. The fourth-order valence-corrected chi connectivity index (χ4v) is 10.6. The Bertz CT molecular complexity index is 3610. The Balaban J connectivity index is 0.00000324.